The normalized spacial score (nSPS) is 27.2. The minimum Gasteiger partial charge on any atom is -0.303 e. The fourth-order valence-corrected chi connectivity index (χ4v) is 2.88. The molecule has 0 aliphatic heterocycles. The number of hydrogen-bond donors (Lipinski definition) is 0. The second-order valence-corrected chi connectivity index (χ2v) is 5.19. The van der Waals surface area contributed by atoms with E-state index in [1.54, 1.807) is 0 Å². The molecule has 0 aromatic carbocycles. The van der Waals surface area contributed by atoms with Gasteiger partial charge in [0.1, 0.15) is 0 Å². The minimum absolute atomic E-state index is 0.999. The van der Waals surface area contributed by atoms with Crippen molar-refractivity contribution in [3.05, 3.63) is 0 Å². The maximum absolute atomic E-state index is 2.64. The van der Waals surface area contributed by atoms with Gasteiger partial charge in [0.25, 0.3) is 0 Å². The lowest BCUT2D eigenvalue weighted by atomic mass is 9.80. The molecule has 1 heteroatoms. The molecular formula is C14H29N. The van der Waals surface area contributed by atoms with E-state index in [0.29, 0.717) is 0 Å². The summed E-state index contributed by atoms with van der Waals surface area (Å²) >= 11 is 0. The molecule has 1 aliphatic rings. The molecule has 0 saturated heterocycles. The SMILES string of the molecule is CCCN(CC)CC1CCC(CC)CC1. The zero-order valence-corrected chi connectivity index (χ0v) is 11.0. The molecule has 1 fully saturated rings. The number of hydrogen-bond acceptors (Lipinski definition) is 1. The molecule has 1 aliphatic carbocycles. The van der Waals surface area contributed by atoms with Gasteiger partial charge in [-0.05, 0) is 44.2 Å². The van der Waals surface area contributed by atoms with Crippen molar-refractivity contribution in [3.63, 3.8) is 0 Å². The van der Waals surface area contributed by atoms with Gasteiger partial charge in [-0.2, -0.15) is 0 Å². The molecule has 0 unspecified atom stereocenters. The van der Waals surface area contributed by atoms with Crippen molar-refractivity contribution in [1.29, 1.82) is 0 Å². The van der Waals surface area contributed by atoms with E-state index in [4.69, 9.17) is 0 Å². The first kappa shape index (κ1) is 13.0. The highest BCUT2D eigenvalue weighted by atomic mass is 15.1. The van der Waals surface area contributed by atoms with Crippen LogP contribution in [0.15, 0.2) is 0 Å². The molecule has 1 rings (SSSR count). The van der Waals surface area contributed by atoms with Gasteiger partial charge in [0.2, 0.25) is 0 Å². The van der Waals surface area contributed by atoms with Gasteiger partial charge in [-0.15, -0.1) is 0 Å². The molecule has 0 radical (unpaired) electrons. The van der Waals surface area contributed by atoms with Crippen LogP contribution in [-0.4, -0.2) is 24.5 Å². The average molecular weight is 211 g/mol. The lowest BCUT2D eigenvalue weighted by Gasteiger charge is -2.31. The fourth-order valence-electron chi connectivity index (χ4n) is 2.88. The van der Waals surface area contributed by atoms with Crippen LogP contribution in [0.4, 0.5) is 0 Å². The zero-order valence-electron chi connectivity index (χ0n) is 11.0. The molecule has 1 saturated carbocycles. The van der Waals surface area contributed by atoms with E-state index in [2.05, 4.69) is 25.7 Å². The molecule has 0 spiro atoms. The van der Waals surface area contributed by atoms with Crippen molar-refractivity contribution in [2.75, 3.05) is 19.6 Å². The van der Waals surface area contributed by atoms with Crippen LogP contribution in [0.2, 0.25) is 0 Å². The van der Waals surface area contributed by atoms with E-state index in [-0.39, 0.29) is 0 Å². The standard InChI is InChI=1S/C14H29N/c1-4-11-15(6-3)12-14-9-7-13(5-2)8-10-14/h13-14H,4-12H2,1-3H3. The van der Waals surface area contributed by atoms with E-state index < -0.39 is 0 Å². The van der Waals surface area contributed by atoms with Crippen molar-refractivity contribution in [1.82, 2.24) is 4.90 Å². The topological polar surface area (TPSA) is 3.24 Å². The molecule has 1 nitrogen and oxygen atoms in total. The van der Waals surface area contributed by atoms with Crippen LogP contribution in [0, 0.1) is 11.8 Å². The Morgan fingerprint density at radius 1 is 0.933 bits per heavy atom. The van der Waals surface area contributed by atoms with Crippen LogP contribution in [0.1, 0.15) is 59.3 Å². The Kier molecular flexibility index (Phi) is 6.31. The predicted octanol–water partition coefficient (Wildman–Crippen LogP) is 3.93. The summed E-state index contributed by atoms with van der Waals surface area (Å²) in [5.74, 6) is 2.04. The summed E-state index contributed by atoms with van der Waals surface area (Å²) in [5.41, 5.74) is 0. The van der Waals surface area contributed by atoms with Gasteiger partial charge in [-0.1, -0.05) is 40.0 Å². The third-order valence-electron chi connectivity index (χ3n) is 4.05. The Balaban J connectivity index is 2.21. The summed E-state index contributed by atoms with van der Waals surface area (Å²) in [5, 5.41) is 0. The molecule has 0 atom stereocenters. The van der Waals surface area contributed by atoms with Gasteiger partial charge in [0, 0.05) is 6.54 Å². The first-order valence-corrected chi connectivity index (χ1v) is 7.02. The Bertz CT molecular complexity index is 147. The predicted molar refractivity (Wildman–Crippen MR) is 68.1 cm³/mol. The van der Waals surface area contributed by atoms with E-state index in [0.717, 1.165) is 11.8 Å². The van der Waals surface area contributed by atoms with Gasteiger partial charge in [-0.3, -0.25) is 0 Å². The van der Waals surface area contributed by atoms with Crippen LogP contribution in [0.25, 0.3) is 0 Å². The second kappa shape index (κ2) is 7.27. The monoisotopic (exact) mass is 211 g/mol. The molecular weight excluding hydrogens is 182 g/mol. The summed E-state index contributed by atoms with van der Waals surface area (Å²) in [7, 11) is 0. The van der Waals surface area contributed by atoms with E-state index in [1.165, 1.54) is 58.2 Å². The molecule has 15 heavy (non-hydrogen) atoms. The summed E-state index contributed by atoms with van der Waals surface area (Å²) in [6.07, 6.45) is 8.66. The first-order chi connectivity index (χ1) is 7.30. The van der Waals surface area contributed by atoms with Crippen LogP contribution in [0.5, 0.6) is 0 Å². The van der Waals surface area contributed by atoms with Gasteiger partial charge in [-0.25, -0.2) is 0 Å². The highest BCUT2D eigenvalue weighted by Gasteiger charge is 2.21. The molecule has 0 aromatic rings. The summed E-state index contributed by atoms with van der Waals surface area (Å²) < 4.78 is 0. The van der Waals surface area contributed by atoms with E-state index >= 15 is 0 Å². The van der Waals surface area contributed by atoms with Gasteiger partial charge in [0.15, 0.2) is 0 Å². The van der Waals surface area contributed by atoms with Crippen LogP contribution < -0.4 is 0 Å². The molecule has 0 heterocycles. The van der Waals surface area contributed by atoms with Crippen LogP contribution in [0.3, 0.4) is 0 Å². The maximum atomic E-state index is 2.64. The van der Waals surface area contributed by atoms with Gasteiger partial charge < -0.3 is 4.90 Å². The third-order valence-corrected chi connectivity index (χ3v) is 4.05. The largest absolute Gasteiger partial charge is 0.303 e. The van der Waals surface area contributed by atoms with Crippen LogP contribution >= 0.6 is 0 Å². The molecule has 0 amide bonds. The average Bonchev–Trinajstić information content (AvgIpc) is 2.29. The van der Waals surface area contributed by atoms with Crippen molar-refractivity contribution in [3.8, 4) is 0 Å². The molecule has 0 aromatic heterocycles. The highest BCUT2D eigenvalue weighted by molar-refractivity contribution is 4.74. The van der Waals surface area contributed by atoms with Crippen molar-refractivity contribution in [2.45, 2.75) is 59.3 Å². The van der Waals surface area contributed by atoms with Gasteiger partial charge in [0.05, 0.1) is 0 Å². The van der Waals surface area contributed by atoms with Crippen molar-refractivity contribution < 1.29 is 0 Å². The van der Waals surface area contributed by atoms with E-state index in [9.17, 15) is 0 Å². The number of nitrogens with zero attached hydrogens (tertiary/aromatic N) is 1. The smallest absolute Gasteiger partial charge is 0.000954 e. The Morgan fingerprint density at radius 2 is 1.53 bits per heavy atom. The zero-order chi connectivity index (χ0) is 11.1. The lowest BCUT2D eigenvalue weighted by molar-refractivity contribution is 0.184. The summed E-state index contributed by atoms with van der Waals surface area (Å²) in [4.78, 5) is 2.64. The highest BCUT2D eigenvalue weighted by Crippen LogP contribution is 2.30. The van der Waals surface area contributed by atoms with Crippen LogP contribution in [-0.2, 0) is 0 Å². The minimum atomic E-state index is 0.999. The summed E-state index contributed by atoms with van der Waals surface area (Å²) in [6.45, 7) is 10.8. The van der Waals surface area contributed by atoms with Crippen molar-refractivity contribution >= 4 is 0 Å². The fraction of sp³-hybridized carbons (Fsp3) is 1.00. The number of rotatable bonds is 6. The lowest BCUT2D eigenvalue weighted by Crippen LogP contribution is -2.32. The van der Waals surface area contributed by atoms with E-state index in [1.807, 2.05) is 0 Å². The first-order valence-electron chi connectivity index (χ1n) is 7.02. The summed E-state index contributed by atoms with van der Waals surface area (Å²) in [6, 6.07) is 0. The van der Waals surface area contributed by atoms with Crippen molar-refractivity contribution in [2.24, 2.45) is 11.8 Å². The Morgan fingerprint density at radius 3 is 2.00 bits per heavy atom. The maximum Gasteiger partial charge on any atom is 0.000954 e. The molecule has 0 N–H and O–H groups in total. The quantitative estimate of drug-likeness (QED) is 0.643. The Labute approximate surface area is 96.2 Å². The Hall–Kier alpha value is -0.0400. The third kappa shape index (κ3) is 4.55. The second-order valence-electron chi connectivity index (χ2n) is 5.19. The molecule has 0 bridgehead atoms. The molecule has 90 valence electrons. The van der Waals surface area contributed by atoms with Gasteiger partial charge >= 0.3 is 0 Å².